The zero-order valence-electron chi connectivity index (χ0n) is 22.7. The second-order valence-corrected chi connectivity index (χ2v) is 11.1. The summed E-state index contributed by atoms with van der Waals surface area (Å²) >= 11 is 12.3. The van der Waals surface area contributed by atoms with Crippen molar-refractivity contribution in [3.8, 4) is 0 Å². The van der Waals surface area contributed by atoms with Gasteiger partial charge in [-0.25, -0.2) is 0 Å². The molecule has 0 aliphatic carbocycles. The van der Waals surface area contributed by atoms with E-state index in [0.29, 0.717) is 66.1 Å². The number of halogens is 2. The maximum Gasteiger partial charge on any atom is 0.255 e. The quantitative estimate of drug-likeness (QED) is 0.437. The maximum atomic E-state index is 13.4. The predicted molar refractivity (Wildman–Crippen MR) is 163 cm³/mol. The van der Waals surface area contributed by atoms with Crippen molar-refractivity contribution >= 4 is 52.3 Å². The Hall–Kier alpha value is -3.59. The smallest absolute Gasteiger partial charge is 0.255 e. The number of hydrogen-bond donors (Lipinski definition) is 2. The highest BCUT2D eigenvalue weighted by Gasteiger charge is 2.26. The number of piperazine rings is 1. The van der Waals surface area contributed by atoms with Gasteiger partial charge < -0.3 is 25.3 Å². The van der Waals surface area contributed by atoms with Gasteiger partial charge >= 0.3 is 0 Å². The number of nitrogens with one attached hydrogen (secondary N) is 2. The van der Waals surface area contributed by atoms with Crippen molar-refractivity contribution in [2.24, 2.45) is 0 Å². The van der Waals surface area contributed by atoms with Crippen LogP contribution in [-0.4, -0.2) is 79.9 Å². The van der Waals surface area contributed by atoms with Crippen molar-refractivity contribution in [1.82, 2.24) is 15.1 Å². The van der Waals surface area contributed by atoms with Crippen LogP contribution in [-0.2, 0) is 11.2 Å². The van der Waals surface area contributed by atoms with Crippen LogP contribution in [0.2, 0.25) is 10.0 Å². The first-order valence-electron chi connectivity index (χ1n) is 13.9. The molecule has 0 spiro atoms. The van der Waals surface area contributed by atoms with Crippen LogP contribution >= 0.6 is 23.2 Å². The first kappa shape index (κ1) is 28.9. The molecule has 0 saturated carbocycles. The molecule has 0 aromatic heterocycles. The van der Waals surface area contributed by atoms with Crippen LogP contribution < -0.4 is 15.5 Å². The minimum atomic E-state index is -0.160. The number of carbonyl (C=O) groups is 3. The van der Waals surface area contributed by atoms with Gasteiger partial charge in [-0.1, -0.05) is 53.5 Å². The molecule has 2 N–H and O–H groups in total. The van der Waals surface area contributed by atoms with Crippen molar-refractivity contribution in [2.45, 2.75) is 12.8 Å². The highest BCUT2D eigenvalue weighted by Crippen LogP contribution is 2.30. The molecule has 0 radical (unpaired) electrons. The summed E-state index contributed by atoms with van der Waals surface area (Å²) in [6.45, 7) is 5.07. The standard InChI is InChI=1S/C31H33Cl2N5O3/c32-24-8-9-25(26(33)21-24)31(41)38-17-15-36(16-18-38)28-10-7-23(30(40)37-13-4-11-34-12-14-37)20-27(28)35-29(39)19-22-5-2-1-3-6-22/h1-3,5-10,20-21,34H,4,11-19H2,(H,35,39). The predicted octanol–water partition coefficient (Wildman–Crippen LogP) is 4.57. The fraction of sp³-hybridized carbons (Fsp3) is 0.323. The average molecular weight is 595 g/mol. The minimum absolute atomic E-state index is 0.0472. The molecule has 2 heterocycles. The first-order valence-corrected chi connectivity index (χ1v) is 14.6. The summed E-state index contributed by atoms with van der Waals surface area (Å²) < 4.78 is 0. The summed E-state index contributed by atoms with van der Waals surface area (Å²) in [5, 5.41) is 7.20. The molecular weight excluding hydrogens is 561 g/mol. The van der Waals surface area contributed by atoms with Gasteiger partial charge in [0.15, 0.2) is 0 Å². The molecule has 3 aromatic rings. The molecule has 8 nitrogen and oxygen atoms in total. The van der Waals surface area contributed by atoms with Crippen LogP contribution in [0.15, 0.2) is 66.7 Å². The molecule has 5 rings (SSSR count). The van der Waals surface area contributed by atoms with E-state index < -0.39 is 0 Å². The van der Waals surface area contributed by atoms with Crippen LogP contribution in [0.5, 0.6) is 0 Å². The normalized spacial score (nSPS) is 15.8. The summed E-state index contributed by atoms with van der Waals surface area (Å²) in [6.07, 6.45) is 1.12. The number of benzene rings is 3. The topological polar surface area (TPSA) is 85.0 Å². The van der Waals surface area contributed by atoms with Gasteiger partial charge in [0, 0.05) is 56.4 Å². The lowest BCUT2D eigenvalue weighted by Gasteiger charge is -2.37. The van der Waals surface area contributed by atoms with Crippen LogP contribution in [0.1, 0.15) is 32.7 Å². The van der Waals surface area contributed by atoms with Crippen molar-refractivity contribution in [2.75, 3.05) is 62.6 Å². The summed E-state index contributed by atoms with van der Waals surface area (Å²) in [6, 6.07) is 19.9. The van der Waals surface area contributed by atoms with E-state index in [-0.39, 0.29) is 24.1 Å². The Labute approximate surface area is 250 Å². The van der Waals surface area contributed by atoms with Crippen molar-refractivity contribution < 1.29 is 14.4 Å². The van der Waals surface area contributed by atoms with Gasteiger partial charge in [-0.3, -0.25) is 14.4 Å². The van der Waals surface area contributed by atoms with E-state index in [1.807, 2.05) is 47.4 Å². The van der Waals surface area contributed by atoms with E-state index in [4.69, 9.17) is 23.2 Å². The molecule has 2 saturated heterocycles. The van der Waals surface area contributed by atoms with E-state index in [2.05, 4.69) is 15.5 Å². The lowest BCUT2D eigenvalue weighted by Crippen LogP contribution is -2.49. The van der Waals surface area contributed by atoms with E-state index >= 15 is 0 Å². The van der Waals surface area contributed by atoms with Crippen molar-refractivity contribution in [3.63, 3.8) is 0 Å². The second-order valence-electron chi connectivity index (χ2n) is 10.2. The Morgan fingerprint density at radius 3 is 2.29 bits per heavy atom. The zero-order chi connectivity index (χ0) is 28.8. The highest BCUT2D eigenvalue weighted by atomic mass is 35.5. The molecule has 0 unspecified atom stereocenters. The van der Waals surface area contributed by atoms with Gasteiger partial charge in [-0.15, -0.1) is 0 Å². The number of amides is 3. The van der Waals surface area contributed by atoms with Crippen molar-refractivity contribution in [1.29, 1.82) is 0 Å². The Morgan fingerprint density at radius 1 is 0.780 bits per heavy atom. The van der Waals surface area contributed by atoms with Crippen LogP contribution in [0.4, 0.5) is 11.4 Å². The summed E-state index contributed by atoms with van der Waals surface area (Å²) in [5.41, 5.74) is 3.27. The number of rotatable bonds is 6. The Balaban J connectivity index is 1.34. The lowest BCUT2D eigenvalue weighted by atomic mass is 10.1. The van der Waals surface area contributed by atoms with Gasteiger partial charge in [0.1, 0.15) is 0 Å². The molecule has 2 fully saturated rings. The van der Waals surface area contributed by atoms with E-state index in [9.17, 15) is 14.4 Å². The Bertz CT molecular complexity index is 1400. The van der Waals surface area contributed by atoms with Gasteiger partial charge in [0.25, 0.3) is 11.8 Å². The van der Waals surface area contributed by atoms with Gasteiger partial charge in [0.05, 0.1) is 28.4 Å². The van der Waals surface area contributed by atoms with E-state index in [0.717, 1.165) is 30.8 Å². The molecule has 0 bridgehead atoms. The monoisotopic (exact) mass is 593 g/mol. The number of anilines is 2. The highest BCUT2D eigenvalue weighted by molar-refractivity contribution is 6.36. The van der Waals surface area contributed by atoms with Gasteiger partial charge in [-0.2, -0.15) is 0 Å². The fourth-order valence-electron chi connectivity index (χ4n) is 5.24. The summed E-state index contributed by atoms with van der Waals surface area (Å²) in [7, 11) is 0. The number of nitrogens with zero attached hydrogens (tertiary/aromatic N) is 3. The molecule has 2 aliphatic heterocycles. The van der Waals surface area contributed by atoms with Crippen LogP contribution in [0.3, 0.4) is 0 Å². The van der Waals surface area contributed by atoms with Crippen LogP contribution in [0, 0.1) is 0 Å². The van der Waals surface area contributed by atoms with E-state index in [1.165, 1.54) is 0 Å². The first-order chi connectivity index (χ1) is 19.9. The maximum absolute atomic E-state index is 13.4. The van der Waals surface area contributed by atoms with Crippen molar-refractivity contribution in [3.05, 3.63) is 93.5 Å². The minimum Gasteiger partial charge on any atom is -0.366 e. The van der Waals surface area contributed by atoms with Gasteiger partial charge in [-0.05, 0) is 54.9 Å². The SMILES string of the molecule is O=C(Cc1ccccc1)Nc1cc(C(=O)N2CCCNCC2)ccc1N1CCN(C(=O)c2ccc(Cl)cc2Cl)CC1. The fourth-order valence-corrected chi connectivity index (χ4v) is 5.73. The van der Waals surface area contributed by atoms with E-state index in [1.54, 1.807) is 29.2 Å². The number of carbonyl (C=O) groups excluding carboxylic acids is 3. The second kappa shape index (κ2) is 13.4. The van der Waals surface area contributed by atoms with Crippen LogP contribution in [0.25, 0.3) is 0 Å². The number of hydrogen-bond acceptors (Lipinski definition) is 5. The Kier molecular flexibility index (Phi) is 9.44. The van der Waals surface area contributed by atoms with Gasteiger partial charge in [0.2, 0.25) is 5.91 Å². The summed E-state index contributed by atoms with van der Waals surface area (Å²) in [4.78, 5) is 45.4. The molecular formula is C31H33Cl2N5O3. The molecule has 214 valence electrons. The molecule has 2 aliphatic rings. The molecule has 10 heteroatoms. The third kappa shape index (κ3) is 7.19. The molecule has 3 aromatic carbocycles. The zero-order valence-corrected chi connectivity index (χ0v) is 24.3. The average Bonchev–Trinajstić information content (AvgIpc) is 3.27. The third-order valence-electron chi connectivity index (χ3n) is 7.42. The molecule has 3 amide bonds. The largest absolute Gasteiger partial charge is 0.366 e. The third-order valence-corrected chi connectivity index (χ3v) is 7.97. The summed E-state index contributed by atoms with van der Waals surface area (Å²) in [5.74, 6) is -0.350. The lowest BCUT2D eigenvalue weighted by molar-refractivity contribution is -0.115. The Morgan fingerprint density at radius 2 is 1.54 bits per heavy atom. The molecule has 0 atom stereocenters. The molecule has 41 heavy (non-hydrogen) atoms.